The maximum Gasteiger partial charge on any atom is 0.407 e. The van der Waals surface area contributed by atoms with Gasteiger partial charge in [-0.15, -0.1) is 0 Å². The molecule has 5 heterocycles. The summed E-state index contributed by atoms with van der Waals surface area (Å²) in [4.78, 5) is 69.8. The second kappa shape index (κ2) is 18.4. The molecule has 16 nitrogen and oxygen atoms in total. The van der Waals surface area contributed by atoms with Gasteiger partial charge in [-0.1, -0.05) is 48.5 Å². The zero-order valence-corrected chi connectivity index (χ0v) is 37.1. The van der Waals surface area contributed by atoms with E-state index in [1.807, 2.05) is 41.3 Å². The number of imidazole rings is 1. The Morgan fingerprint density at radius 1 is 0.892 bits per heavy atom. The molecule has 9 rings (SSSR count). The predicted molar refractivity (Wildman–Crippen MR) is 242 cm³/mol. The van der Waals surface area contributed by atoms with Gasteiger partial charge in [0.05, 0.1) is 56.6 Å². The SMILES string of the molecule is COC[C@H]1C[C@@H](C2=Nc3ccc4cc5c(cc4c3C2)OCc2cc(-c3cnc([C@@H]4CCCN4C(=O)[C@@H](NC(=O)OC)[C@@H](C)OC)[nH]3)ccc2-5)N(C(=O)C(NC(=O)OC)c2ccccc2)C1. The molecule has 0 saturated carbocycles. The minimum absolute atomic E-state index is 0.0952. The zero-order valence-electron chi connectivity index (χ0n) is 37.1. The Morgan fingerprint density at radius 3 is 2.46 bits per heavy atom. The lowest BCUT2D eigenvalue weighted by Crippen LogP contribution is -2.54. The first-order valence-corrected chi connectivity index (χ1v) is 21.9. The van der Waals surface area contributed by atoms with E-state index in [0.717, 1.165) is 74.3 Å². The molecule has 3 N–H and O–H groups in total. The Labute approximate surface area is 376 Å². The number of alkyl carbamates (subject to hydrolysis) is 2. The zero-order chi connectivity index (χ0) is 45.4. The molecule has 4 amide bonds. The van der Waals surface area contributed by atoms with E-state index < -0.39 is 30.4 Å². The minimum atomic E-state index is -0.930. The fourth-order valence-corrected chi connectivity index (χ4v) is 9.85. The third-order valence-corrected chi connectivity index (χ3v) is 13.2. The smallest absolute Gasteiger partial charge is 0.407 e. The number of benzene rings is 4. The summed E-state index contributed by atoms with van der Waals surface area (Å²) in [6.07, 6.45) is 2.61. The largest absolute Gasteiger partial charge is 0.488 e. The summed E-state index contributed by atoms with van der Waals surface area (Å²) in [5, 5.41) is 7.51. The number of amides is 4. The number of rotatable bonds is 12. The van der Waals surface area contributed by atoms with Crippen LogP contribution in [0.5, 0.6) is 5.75 Å². The number of hydrogen-bond donors (Lipinski definition) is 3. The topological polar surface area (TPSA) is 186 Å². The predicted octanol–water partition coefficient (Wildman–Crippen LogP) is 6.80. The van der Waals surface area contributed by atoms with Crippen molar-refractivity contribution in [2.75, 3.05) is 48.1 Å². The van der Waals surface area contributed by atoms with Crippen molar-refractivity contribution in [2.45, 2.75) is 69.5 Å². The van der Waals surface area contributed by atoms with Crippen LogP contribution < -0.4 is 15.4 Å². The van der Waals surface area contributed by atoms with Gasteiger partial charge in [0.2, 0.25) is 11.8 Å². The molecule has 4 aliphatic heterocycles. The van der Waals surface area contributed by atoms with Crippen LogP contribution in [0.25, 0.3) is 33.2 Å². The van der Waals surface area contributed by atoms with Gasteiger partial charge in [0.15, 0.2) is 0 Å². The summed E-state index contributed by atoms with van der Waals surface area (Å²) < 4.78 is 27.2. The van der Waals surface area contributed by atoms with E-state index in [9.17, 15) is 19.2 Å². The highest BCUT2D eigenvalue weighted by molar-refractivity contribution is 6.07. The van der Waals surface area contributed by atoms with Crippen molar-refractivity contribution in [2.24, 2.45) is 10.9 Å². The van der Waals surface area contributed by atoms with Crippen LogP contribution in [0.15, 0.2) is 84.0 Å². The van der Waals surface area contributed by atoms with E-state index in [1.165, 1.54) is 21.3 Å². The molecule has 338 valence electrons. The summed E-state index contributed by atoms with van der Waals surface area (Å²) >= 11 is 0. The molecule has 65 heavy (non-hydrogen) atoms. The number of H-pyrrole nitrogens is 1. The molecule has 16 heteroatoms. The molecular formula is C49H53N7O9. The fraction of sp³-hybridized carbons (Fsp3) is 0.388. The van der Waals surface area contributed by atoms with Crippen LogP contribution in [0, 0.1) is 5.92 Å². The van der Waals surface area contributed by atoms with E-state index in [4.69, 9.17) is 33.7 Å². The fourth-order valence-electron chi connectivity index (χ4n) is 9.85. The molecule has 6 atom stereocenters. The Morgan fingerprint density at radius 2 is 1.69 bits per heavy atom. The van der Waals surface area contributed by atoms with Crippen molar-refractivity contribution in [1.82, 2.24) is 30.4 Å². The van der Waals surface area contributed by atoms with Crippen LogP contribution in [0.2, 0.25) is 0 Å². The van der Waals surface area contributed by atoms with Gasteiger partial charge in [0, 0.05) is 50.9 Å². The summed E-state index contributed by atoms with van der Waals surface area (Å²) in [5.41, 5.74) is 8.39. The number of carbonyl (C=O) groups is 4. The quantitative estimate of drug-likeness (QED) is 0.120. The van der Waals surface area contributed by atoms with Crippen LogP contribution in [0.4, 0.5) is 15.3 Å². The van der Waals surface area contributed by atoms with Crippen molar-refractivity contribution in [1.29, 1.82) is 0 Å². The third-order valence-electron chi connectivity index (χ3n) is 13.2. The molecule has 0 aliphatic carbocycles. The van der Waals surface area contributed by atoms with Gasteiger partial charge in [-0.05, 0) is 89.0 Å². The molecule has 4 aromatic carbocycles. The van der Waals surface area contributed by atoms with Crippen LogP contribution >= 0.6 is 0 Å². The molecule has 0 spiro atoms. The monoisotopic (exact) mass is 883 g/mol. The van der Waals surface area contributed by atoms with Crippen LogP contribution in [0.1, 0.15) is 60.8 Å². The van der Waals surface area contributed by atoms with Gasteiger partial charge >= 0.3 is 12.2 Å². The Hall–Kier alpha value is -6.78. The summed E-state index contributed by atoms with van der Waals surface area (Å²) in [5.74, 6) is 1.07. The Balaban J connectivity index is 0.942. The molecule has 2 saturated heterocycles. The van der Waals surface area contributed by atoms with E-state index in [0.29, 0.717) is 50.5 Å². The number of fused-ring (bicyclic) bond motifs is 6. The van der Waals surface area contributed by atoms with Crippen LogP contribution in [-0.4, -0.2) is 116 Å². The van der Waals surface area contributed by atoms with Crippen molar-refractivity contribution in [3.8, 4) is 28.1 Å². The van der Waals surface area contributed by atoms with Gasteiger partial charge in [-0.3, -0.25) is 14.6 Å². The van der Waals surface area contributed by atoms with E-state index in [1.54, 1.807) is 25.1 Å². The van der Waals surface area contributed by atoms with Gasteiger partial charge in [-0.2, -0.15) is 0 Å². The number of nitrogens with zero attached hydrogens (tertiary/aromatic N) is 4. The summed E-state index contributed by atoms with van der Waals surface area (Å²) in [7, 11) is 5.71. The van der Waals surface area contributed by atoms with Crippen molar-refractivity contribution in [3.05, 3.63) is 102 Å². The average molecular weight is 884 g/mol. The number of hydrogen-bond acceptors (Lipinski definition) is 11. The number of aromatic amines is 1. The number of aliphatic imine (C=N–C) groups is 1. The summed E-state index contributed by atoms with van der Waals surface area (Å²) in [6, 6.07) is 21.5. The lowest BCUT2D eigenvalue weighted by Gasteiger charge is -2.30. The number of ether oxygens (including phenoxy) is 5. The van der Waals surface area contributed by atoms with Crippen molar-refractivity contribution in [3.63, 3.8) is 0 Å². The first kappa shape index (κ1) is 43.5. The number of aromatic nitrogens is 2. The highest BCUT2D eigenvalue weighted by Crippen LogP contribution is 2.45. The number of methoxy groups -OCH3 is 4. The van der Waals surface area contributed by atoms with E-state index in [-0.39, 0.29) is 29.8 Å². The van der Waals surface area contributed by atoms with Gasteiger partial charge in [0.1, 0.15) is 30.3 Å². The molecule has 1 unspecified atom stereocenters. The van der Waals surface area contributed by atoms with Crippen LogP contribution in [0.3, 0.4) is 0 Å². The number of carbonyl (C=O) groups excluding carboxylic acids is 4. The second-order valence-corrected chi connectivity index (χ2v) is 17.0. The minimum Gasteiger partial charge on any atom is -0.488 e. The number of nitrogens with one attached hydrogen (secondary N) is 3. The average Bonchev–Trinajstić information content (AvgIpc) is 4.18. The molecule has 0 bridgehead atoms. The lowest BCUT2D eigenvalue weighted by atomic mass is 9.90. The summed E-state index contributed by atoms with van der Waals surface area (Å²) in [6.45, 7) is 3.60. The van der Waals surface area contributed by atoms with Crippen molar-refractivity contribution >= 4 is 46.2 Å². The highest BCUT2D eigenvalue weighted by atomic mass is 16.5. The van der Waals surface area contributed by atoms with E-state index in [2.05, 4.69) is 52.0 Å². The molecule has 5 aromatic rings. The van der Waals surface area contributed by atoms with E-state index >= 15 is 0 Å². The molecule has 4 aliphatic rings. The Bertz CT molecular complexity index is 2670. The molecule has 0 radical (unpaired) electrons. The van der Waals surface area contributed by atoms with Gasteiger partial charge in [-0.25, -0.2) is 14.6 Å². The highest BCUT2D eigenvalue weighted by Gasteiger charge is 2.43. The first-order chi connectivity index (χ1) is 31.6. The van der Waals surface area contributed by atoms with Crippen LogP contribution in [-0.2, 0) is 41.6 Å². The standard InChI is InChI=1S/C49H53N7O9/c1-27(62-3)43(53-48(59)63-4)46(57)55-17-9-12-40(55)45-50-23-39(52-45)31-13-15-33-32(19-31)26-65-42-22-34-30(20-36(33)42)14-16-37-35(34)21-38(51-37)41-18-28(25-61-2)24-56(41)47(58)44(54-49(60)64-5)29-10-7-6-8-11-29/h6-8,10-11,13-16,19-20,22-23,27-28,40-41,43-44H,9,12,17-18,21,24-26H2,1-5H3,(H,50,52)(H,53,59)(H,54,60)/t27-,28+,40+,41+,43+,44?/m1/s1. The maximum absolute atomic E-state index is 14.4. The van der Waals surface area contributed by atoms with Gasteiger partial charge < -0.3 is 49.1 Å². The lowest BCUT2D eigenvalue weighted by molar-refractivity contribution is -0.137. The normalized spacial score (nSPS) is 19.9. The third kappa shape index (κ3) is 8.39. The molecule has 2 fully saturated rings. The van der Waals surface area contributed by atoms with Crippen molar-refractivity contribution < 1.29 is 42.9 Å². The first-order valence-electron chi connectivity index (χ1n) is 21.9. The Kier molecular flexibility index (Phi) is 12.3. The maximum atomic E-state index is 14.4. The number of likely N-dealkylation sites (tertiary alicyclic amines) is 2. The molecule has 1 aromatic heterocycles. The molecular weight excluding hydrogens is 831 g/mol. The second-order valence-electron chi connectivity index (χ2n) is 17.0. The van der Waals surface area contributed by atoms with Gasteiger partial charge in [0.25, 0.3) is 0 Å².